The van der Waals surface area contributed by atoms with Gasteiger partial charge in [-0.2, -0.15) is 0 Å². The molecule has 3 nitrogen and oxygen atoms in total. The summed E-state index contributed by atoms with van der Waals surface area (Å²) in [6.45, 7) is 1.82. The predicted molar refractivity (Wildman–Crippen MR) is 62.2 cm³/mol. The smallest absolute Gasteiger partial charge is 0.151 e. The van der Waals surface area contributed by atoms with E-state index in [1.807, 2.05) is 6.92 Å². The zero-order valence-electron chi connectivity index (χ0n) is 7.47. The maximum Gasteiger partial charge on any atom is 0.151 e. The summed E-state index contributed by atoms with van der Waals surface area (Å²) in [6.07, 6.45) is 0. The number of aromatic nitrogens is 1. The van der Waals surface area contributed by atoms with Gasteiger partial charge in [-0.1, -0.05) is 35.0 Å². The van der Waals surface area contributed by atoms with Crippen molar-refractivity contribution in [1.82, 2.24) is 4.98 Å². The molecule has 0 radical (unpaired) electrons. The van der Waals surface area contributed by atoms with Gasteiger partial charge >= 0.3 is 0 Å². The Labute approximate surface area is 96.5 Å². The molecule has 6 heteroatoms. The number of rotatable bonds is 2. The lowest BCUT2D eigenvalue weighted by Gasteiger charge is -2.06. The Balaban J connectivity index is 2.91. The maximum atomic E-state index is 7.06. The third-order valence-electron chi connectivity index (χ3n) is 1.52. The molecule has 3 N–H and O–H groups in total. The first-order valence-corrected chi connectivity index (χ1v) is 5.53. The van der Waals surface area contributed by atoms with Crippen LogP contribution in [0, 0.1) is 12.3 Å². The number of thioether (sulfide) groups is 1. The Morgan fingerprint density at radius 1 is 1.64 bits per heavy atom. The lowest BCUT2D eigenvalue weighted by atomic mass is 10.3. The van der Waals surface area contributed by atoms with Gasteiger partial charge in [0.2, 0.25) is 0 Å². The average Bonchev–Trinajstić information content (AvgIpc) is 2.01. The normalized spacial score (nSPS) is 10.2. The van der Waals surface area contributed by atoms with Crippen LogP contribution in [0.25, 0.3) is 0 Å². The summed E-state index contributed by atoms with van der Waals surface area (Å²) in [5.41, 5.74) is 6.71. The second-order valence-corrected chi connectivity index (χ2v) is 4.45. The minimum Gasteiger partial charge on any atom is -0.379 e. The molecule has 0 amide bonds. The van der Waals surface area contributed by atoms with Crippen molar-refractivity contribution >= 4 is 40.1 Å². The third-order valence-corrected chi connectivity index (χ3v) is 2.91. The predicted octanol–water partition coefficient (Wildman–Crippen LogP) is 2.82. The molecule has 0 aliphatic carbocycles. The first-order valence-electron chi connectivity index (χ1n) is 3.79. The molecular formula is C8H9Cl2N3S. The van der Waals surface area contributed by atoms with Crippen molar-refractivity contribution in [2.45, 2.75) is 12.7 Å². The highest BCUT2D eigenvalue weighted by molar-refractivity contribution is 8.13. The largest absolute Gasteiger partial charge is 0.379 e. The minimum atomic E-state index is 0.0395. The van der Waals surface area contributed by atoms with Gasteiger partial charge in [0.25, 0.3) is 0 Å². The lowest BCUT2D eigenvalue weighted by molar-refractivity contribution is 1.16. The van der Waals surface area contributed by atoms with Crippen LogP contribution in [0.1, 0.15) is 11.3 Å². The van der Waals surface area contributed by atoms with E-state index in [0.29, 0.717) is 15.9 Å². The van der Waals surface area contributed by atoms with Crippen molar-refractivity contribution in [2.75, 3.05) is 0 Å². The van der Waals surface area contributed by atoms with E-state index in [9.17, 15) is 0 Å². The quantitative estimate of drug-likeness (QED) is 0.482. The zero-order valence-corrected chi connectivity index (χ0v) is 9.80. The van der Waals surface area contributed by atoms with Gasteiger partial charge in [-0.05, 0) is 13.0 Å². The summed E-state index contributed by atoms with van der Waals surface area (Å²) in [4.78, 5) is 4.07. The fraction of sp³-hybridized carbons (Fsp3) is 0.250. The third kappa shape index (κ3) is 3.04. The van der Waals surface area contributed by atoms with Crippen LogP contribution < -0.4 is 5.73 Å². The molecule has 0 bridgehead atoms. The molecule has 0 atom stereocenters. The van der Waals surface area contributed by atoms with E-state index >= 15 is 0 Å². The second-order valence-electron chi connectivity index (χ2n) is 2.67. The zero-order chi connectivity index (χ0) is 10.7. The minimum absolute atomic E-state index is 0.0395. The topological polar surface area (TPSA) is 62.8 Å². The second kappa shape index (κ2) is 4.87. The van der Waals surface area contributed by atoms with Gasteiger partial charge in [0.05, 0.1) is 0 Å². The van der Waals surface area contributed by atoms with Gasteiger partial charge in [-0.15, -0.1) is 0 Å². The molecule has 0 unspecified atom stereocenters. The molecule has 0 fully saturated rings. The van der Waals surface area contributed by atoms with Crippen LogP contribution in [0.5, 0.6) is 0 Å². The Morgan fingerprint density at radius 2 is 2.29 bits per heavy atom. The van der Waals surface area contributed by atoms with E-state index in [4.69, 9.17) is 34.3 Å². The highest BCUT2D eigenvalue weighted by Crippen LogP contribution is 2.27. The number of pyridine rings is 1. The number of hydrogen-bond donors (Lipinski definition) is 2. The molecule has 76 valence electrons. The Kier molecular flexibility index (Phi) is 4.04. The summed E-state index contributed by atoms with van der Waals surface area (Å²) in [6, 6.07) is 1.74. The van der Waals surface area contributed by atoms with Crippen molar-refractivity contribution in [2.24, 2.45) is 5.73 Å². The van der Waals surface area contributed by atoms with E-state index in [1.54, 1.807) is 6.07 Å². The van der Waals surface area contributed by atoms with Gasteiger partial charge in [-0.25, -0.2) is 4.98 Å². The summed E-state index contributed by atoms with van der Waals surface area (Å²) in [5.74, 6) is 0.473. The lowest BCUT2D eigenvalue weighted by Crippen LogP contribution is -2.04. The summed E-state index contributed by atoms with van der Waals surface area (Å²) < 4.78 is 0. The summed E-state index contributed by atoms with van der Waals surface area (Å²) >= 11 is 13.0. The van der Waals surface area contributed by atoms with Gasteiger partial charge < -0.3 is 5.73 Å². The van der Waals surface area contributed by atoms with Crippen LogP contribution in [0.15, 0.2) is 6.07 Å². The number of amidine groups is 1. The van der Waals surface area contributed by atoms with E-state index in [-0.39, 0.29) is 5.17 Å². The van der Waals surface area contributed by atoms with Crippen molar-refractivity contribution in [3.05, 3.63) is 27.5 Å². The van der Waals surface area contributed by atoms with E-state index in [2.05, 4.69) is 4.98 Å². The Hall–Kier alpha value is -0.450. The standard InChI is InChI=1S/C8H9Cl2N3S/c1-4-2-6(9)5(7(10)13-4)3-14-8(11)12/h2H,3H2,1H3,(H3,11,12). The van der Waals surface area contributed by atoms with Crippen molar-refractivity contribution in [3.63, 3.8) is 0 Å². The SMILES string of the molecule is Cc1cc(Cl)c(CSC(=N)N)c(Cl)n1. The molecule has 0 saturated carbocycles. The van der Waals surface area contributed by atoms with Crippen LogP contribution in [0.2, 0.25) is 10.2 Å². The summed E-state index contributed by atoms with van der Waals surface area (Å²) in [7, 11) is 0. The molecule has 1 aromatic rings. The number of hydrogen-bond acceptors (Lipinski definition) is 3. The fourth-order valence-electron chi connectivity index (χ4n) is 0.902. The van der Waals surface area contributed by atoms with Gasteiger partial charge in [0, 0.05) is 22.0 Å². The molecule has 0 aliphatic rings. The van der Waals surface area contributed by atoms with Crippen LogP contribution in [0.4, 0.5) is 0 Å². The highest BCUT2D eigenvalue weighted by atomic mass is 35.5. The fourth-order valence-corrected chi connectivity index (χ4v) is 2.32. The number of nitrogens with two attached hydrogens (primary N) is 1. The van der Waals surface area contributed by atoms with Gasteiger partial charge in [0.15, 0.2) is 5.17 Å². The molecule has 1 rings (SSSR count). The highest BCUT2D eigenvalue weighted by Gasteiger charge is 2.08. The van der Waals surface area contributed by atoms with Gasteiger partial charge in [-0.3, -0.25) is 5.41 Å². The number of aryl methyl sites for hydroxylation is 1. The van der Waals surface area contributed by atoms with Crippen molar-refractivity contribution in [1.29, 1.82) is 5.41 Å². The average molecular weight is 250 g/mol. The van der Waals surface area contributed by atoms with E-state index in [0.717, 1.165) is 11.3 Å². The van der Waals surface area contributed by atoms with Crippen LogP contribution in [-0.4, -0.2) is 10.2 Å². The molecule has 0 spiro atoms. The Bertz CT molecular complexity index is 345. The summed E-state index contributed by atoms with van der Waals surface area (Å²) in [5, 5.41) is 8.04. The Morgan fingerprint density at radius 3 is 2.79 bits per heavy atom. The van der Waals surface area contributed by atoms with Crippen LogP contribution >= 0.6 is 35.0 Å². The number of nitrogens with one attached hydrogen (secondary N) is 1. The molecule has 0 aliphatic heterocycles. The molecule has 0 aromatic carbocycles. The van der Waals surface area contributed by atoms with Crippen molar-refractivity contribution < 1.29 is 0 Å². The molecule has 0 saturated heterocycles. The molecule has 1 heterocycles. The van der Waals surface area contributed by atoms with Crippen LogP contribution in [0.3, 0.4) is 0 Å². The van der Waals surface area contributed by atoms with Crippen molar-refractivity contribution in [3.8, 4) is 0 Å². The van der Waals surface area contributed by atoms with E-state index in [1.165, 1.54) is 11.8 Å². The number of halogens is 2. The maximum absolute atomic E-state index is 7.06. The first-order chi connectivity index (χ1) is 6.50. The molecular weight excluding hydrogens is 241 g/mol. The first kappa shape index (κ1) is 11.6. The number of nitrogens with zero attached hydrogens (tertiary/aromatic N) is 1. The van der Waals surface area contributed by atoms with Gasteiger partial charge in [0.1, 0.15) is 5.15 Å². The van der Waals surface area contributed by atoms with Crippen LogP contribution in [-0.2, 0) is 5.75 Å². The molecule has 14 heavy (non-hydrogen) atoms. The molecule has 1 aromatic heterocycles. The monoisotopic (exact) mass is 249 g/mol. The van der Waals surface area contributed by atoms with E-state index < -0.39 is 0 Å².